The normalized spacial score (nSPS) is 28.8. The van der Waals surface area contributed by atoms with Crippen LogP contribution in [0, 0.1) is 5.41 Å². The van der Waals surface area contributed by atoms with Crippen molar-refractivity contribution in [2.24, 2.45) is 5.41 Å². The van der Waals surface area contributed by atoms with Gasteiger partial charge >= 0.3 is 0 Å². The van der Waals surface area contributed by atoms with Crippen LogP contribution in [0.25, 0.3) is 0 Å². The molecule has 0 spiro atoms. The topological polar surface area (TPSA) is 21.3 Å². The summed E-state index contributed by atoms with van der Waals surface area (Å²) in [6.45, 7) is 12.2. The summed E-state index contributed by atoms with van der Waals surface area (Å²) in [4.78, 5) is 0. The molecule has 0 bridgehead atoms. The van der Waals surface area contributed by atoms with Gasteiger partial charge in [-0.25, -0.2) is 0 Å². The average molecular weight is 241 g/mol. The highest BCUT2D eigenvalue weighted by atomic mass is 16.5. The van der Waals surface area contributed by atoms with Crippen LogP contribution < -0.4 is 5.32 Å². The van der Waals surface area contributed by atoms with Crippen LogP contribution in [0.3, 0.4) is 0 Å². The van der Waals surface area contributed by atoms with Crippen molar-refractivity contribution in [2.75, 3.05) is 6.61 Å². The van der Waals surface area contributed by atoms with E-state index in [0.717, 1.165) is 6.61 Å². The molecule has 0 aromatic rings. The lowest BCUT2D eigenvalue weighted by Crippen LogP contribution is -2.62. The molecule has 3 atom stereocenters. The van der Waals surface area contributed by atoms with Gasteiger partial charge in [0.15, 0.2) is 0 Å². The van der Waals surface area contributed by atoms with Crippen LogP contribution in [0.1, 0.15) is 66.7 Å². The molecule has 0 aromatic carbocycles. The Kier molecular flexibility index (Phi) is 5.94. The molecule has 0 aromatic heterocycles. The van der Waals surface area contributed by atoms with Crippen LogP contribution in [-0.4, -0.2) is 24.8 Å². The van der Waals surface area contributed by atoms with Gasteiger partial charge in [0.25, 0.3) is 0 Å². The van der Waals surface area contributed by atoms with Crippen molar-refractivity contribution in [3.05, 3.63) is 0 Å². The van der Waals surface area contributed by atoms with Gasteiger partial charge in [-0.2, -0.15) is 0 Å². The predicted molar refractivity (Wildman–Crippen MR) is 74.3 cm³/mol. The first-order valence-corrected chi connectivity index (χ1v) is 7.40. The highest BCUT2D eigenvalue weighted by molar-refractivity contribution is 5.03. The molecule has 17 heavy (non-hydrogen) atoms. The predicted octanol–water partition coefficient (Wildman–Crippen LogP) is 3.75. The van der Waals surface area contributed by atoms with E-state index >= 15 is 0 Å². The third kappa shape index (κ3) is 3.96. The second-order valence-corrected chi connectivity index (χ2v) is 6.12. The molecule has 0 saturated heterocycles. The van der Waals surface area contributed by atoms with Crippen LogP contribution in [0.2, 0.25) is 0 Å². The zero-order valence-corrected chi connectivity index (χ0v) is 12.4. The third-order valence-corrected chi connectivity index (χ3v) is 4.27. The van der Waals surface area contributed by atoms with Gasteiger partial charge in [0.1, 0.15) is 0 Å². The minimum absolute atomic E-state index is 0.301. The van der Waals surface area contributed by atoms with Crippen LogP contribution >= 0.6 is 0 Å². The Morgan fingerprint density at radius 3 is 2.53 bits per heavy atom. The van der Waals surface area contributed by atoms with Crippen molar-refractivity contribution < 1.29 is 4.74 Å². The molecule has 1 fully saturated rings. The van der Waals surface area contributed by atoms with Crippen molar-refractivity contribution in [3.63, 3.8) is 0 Å². The summed E-state index contributed by atoms with van der Waals surface area (Å²) in [7, 11) is 0. The molecular weight excluding hydrogens is 210 g/mol. The molecule has 102 valence electrons. The maximum atomic E-state index is 5.76. The number of unbranched alkanes of at least 4 members (excludes halogenated alkanes) is 2. The van der Waals surface area contributed by atoms with E-state index in [1.54, 1.807) is 0 Å². The summed E-state index contributed by atoms with van der Waals surface area (Å²) in [5.41, 5.74) is 0.301. The quantitative estimate of drug-likeness (QED) is 0.654. The number of rotatable bonds is 8. The lowest BCUT2D eigenvalue weighted by molar-refractivity contribution is -0.116. The van der Waals surface area contributed by atoms with Gasteiger partial charge in [-0.15, -0.1) is 0 Å². The Hall–Kier alpha value is -0.0800. The minimum atomic E-state index is 0.301. The molecule has 0 aliphatic heterocycles. The van der Waals surface area contributed by atoms with Crippen molar-refractivity contribution in [3.8, 4) is 0 Å². The van der Waals surface area contributed by atoms with Crippen molar-refractivity contribution >= 4 is 0 Å². The lowest BCUT2D eigenvalue weighted by atomic mass is 9.64. The van der Waals surface area contributed by atoms with Crippen molar-refractivity contribution in [1.29, 1.82) is 0 Å². The molecule has 1 saturated carbocycles. The molecule has 1 aliphatic rings. The molecule has 0 heterocycles. The molecule has 2 nitrogen and oxygen atoms in total. The van der Waals surface area contributed by atoms with Gasteiger partial charge in [-0.1, -0.05) is 40.0 Å². The van der Waals surface area contributed by atoms with Gasteiger partial charge in [-0.05, 0) is 26.7 Å². The lowest BCUT2D eigenvalue weighted by Gasteiger charge is -2.52. The maximum absolute atomic E-state index is 5.76. The molecule has 1 aliphatic carbocycles. The average Bonchev–Trinajstić information content (AvgIpc) is 2.28. The molecular formula is C15H31NO. The fourth-order valence-electron chi connectivity index (χ4n) is 2.78. The van der Waals surface area contributed by atoms with Gasteiger partial charge in [0.05, 0.1) is 6.10 Å². The summed E-state index contributed by atoms with van der Waals surface area (Å²) in [6, 6.07) is 1.28. The van der Waals surface area contributed by atoms with Crippen LogP contribution in [0.4, 0.5) is 0 Å². The third-order valence-electron chi connectivity index (χ3n) is 4.27. The van der Waals surface area contributed by atoms with E-state index in [9.17, 15) is 0 Å². The zero-order chi connectivity index (χ0) is 12.9. The number of hydrogen-bond donors (Lipinski definition) is 1. The van der Waals surface area contributed by atoms with E-state index in [1.807, 2.05) is 0 Å². The Labute approximate surface area is 108 Å². The summed E-state index contributed by atoms with van der Waals surface area (Å²) in [5.74, 6) is 0. The van der Waals surface area contributed by atoms with Crippen LogP contribution in [0.5, 0.6) is 0 Å². The first kappa shape index (κ1) is 15.0. The van der Waals surface area contributed by atoms with E-state index in [-0.39, 0.29) is 0 Å². The molecule has 0 radical (unpaired) electrons. The molecule has 1 rings (SSSR count). The largest absolute Gasteiger partial charge is 0.378 e. The summed E-state index contributed by atoms with van der Waals surface area (Å²) >= 11 is 0. The van der Waals surface area contributed by atoms with Crippen molar-refractivity contribution in [1.82, 2.24) is 5.32 Å². The maximum Gasteiger partial charge on any atom is 0.0655 e. The summed E-state index contributed by atoms with van der Waals surface area (Å²) in [5, 5.41) is 3.77. The fourth-order valence-corrected chi connectivity index (χ4v) is 2.78. The van der Waals surface area contributed by atoms with E-state index in [0.29, 0.717) is 23.6 Å². The zero-order valence-electron chi connectivity index (χ0n) is 12.4. The Bertz CT molecular complexity index is 215. The van der Waals surface area contributed by atoms with Crippen LogP contribution in [-0.2, 0) is 4.74 Å². The highest BCUT2D eigenvalue weighted by Crippen LogP contribution is 2.43. The second-order valence-electron chi connectivity index (χ2n) is 6.12. The first-order valence-electron chi connectivity index (χ1n) is 7.40. The van der Waals surface area contributed by atoms with E-state index in [4.69, 9.17) is 4.74 Å². The molecule has 0 amide bonds. The smallest absolute Gasteiger partial charge is 0.0655 e. The number of hydrogen-bond acceptors (Lipinski definition) is 2. The Morgan fingerprint density at radius 1 is 1.29 bits per heavy atom. The highest BCUT2D eigenvalue weighted by Gasteiger charge is 2.48. The SMILES string of the molecule is CCCCCC(C)NC1CC(OCC)C1(C)C. The second kappa shape index (κ2) is 6.75. The molecule has 3 unspecified atom stereocenters. The fraction of sp³-hybridized carbons (Fsp3) is 1.00. The van der Waals surface area contributed by atoms with Gasteiger partial charge in [0, 0.05) is 24.1 Å². The van der Waals surface area contributed by atoms with E-state index in [2.05, 4.69) is 39.9 Å². The van der Waals surface area contributed by atoms with Crippen molar-refractivity contribution in [2.45, 2.75) is 84.9 Å². The Balaban J connectivity index is 2.24. The van der Waals surface area contributed by atoms with Gasteiger partial charge in [-0.3, -0.25) is 0 Å². The van der Waals surface area contributed by atoms with Gasteiger partial charge in [0.2, 0.25) is 0 Å². The number of nitrogens with one attached hydrogen (secondary N) is 1. The number of ether oxygens (including phenoxy) is 1. The molecule has 1 N–H and O–H groups in total. The Morgan fingerprint density at radius 2 is 2.00 bits per heavy atom. The summed E-state index contributed by atoms with van der Waals surface area (Å²) < 4.78 is 5.76. The first-order chi connectivity index (χ1) is 8.02. The standard InChI is InChI=1S/C15H31NO/c1-6-8-9-10-12(3)16-13-11-14(17-7-2)15(13,4)5/h12-14,16H,6-11H2,1-5H3. The van der Waals surface area contributed by atoms with Crippen LogP contribution in [0.15, 0.2) is 0 Å². The van der Waals surface area contributed by atoms with E-state index < -0.39 is 0 Å². The van der Waals surface area contributed by atoms with E-state index in [1.165, 1.54) is 32.1 Å². The monoisotopic (exact) mass is 241 g/mol. The minimum Gasteiger partial charge on any atom is -0.378 e. The molecule has 2 heteroatoms. The van der Waals surface area contributed by atoms with Gasteiger partial charge < -0.3 is 10.1 Å². The summed E-state index contributed by atoms with van der Waals surface area (Å²) in [6.07, 6.45) is 6.97.